The molecule has 5 atom stereocenters. The van der Waals surface area contributed by atoms with Gasteiger partial charge in [0.25, 0.3) is 0 Å². The molecule has 0 bridgehead atoms. The molecule has 0 amide bonds. The third kappa shape index (κ3) is 4.15. The van der Waals surface area contributed by atoms with Crippen LogP contribution in [0.3, 0.4) is 0 Å². The SMILES string of the molecule is CCCCCCO[C@@H]1O[C@@H](CO)[C@@H](O)[C@H](O)[C@H]1O. The van der Waals surface area contributed by atoms with E-state index in [0.717, 1.165) is 25.7 Å². The van der Waals surface area contributed by atoms with Gasteiger partial charge in [-0.1, -0.05) is 26.2 Å². The molecule has 108 valence electrons. The third-order valence-corrected chi connectivity index (χ3v) is 3.13. The van der Waals surface area contributed by atoms with Gasteiger partial charge in [0.15, 0.2) is 6.29 Å². The van der Waals surface area contributed by atoms with Gasteiger partial charge in [0.05, 0.1) is 6.61 Å². The second-order valence-electron chi connectivity index (χ2n) is 4.63. The number of aliphatic hydroxyl groups excluding tert-OH is 4. The van der Waals surface area contributed by atoms with Gasteiger partial charge in [-0.25, -0.2) is 0 Å². The molecule has 0 unspecified atom stereocenters. The number of aliphatic hydroxyl groups is 4. The van der Waals surface area contributed by atoms with Crippen LogP contribution in [-0.4, -0.2) is 64.3 Å². The summed E-state index contributed by atoms with van der Waals surface area (Å²) in [6.45, 7) is 2.10. The van der Waals surface area contributed by atoms with Crippen LogP contribution in [0.1, 0.15) is 32.6 Å². The highest BCUT2D eigenvalue weighted by molar-refractivity contribution is 4.88. The highest BCUT2D eigenvalue weighted by Gasteiger charge is 2.43. The zero-order chi connectivity index (χ0) is 13.5. The van der Waals surface area contributed by atoms with Gasteiger partial charge in [-0.05, 0) is 6.42 Å². The molecule has 0 aromatic rings. The number of unbranched alkanes of at least 4 members (excludes halogenated alkanes) is 3. The van der Waals surface area contributed by atoms with Gasteiger partial charge < -0.3 is 29.9 Å². The van der Waals surface area contributed by atoms with Gasteiger partial charge in [0.1, 0.15) is 24.4 Å². The maximum Gasteiger partial charge on any atom is 0.186 e. The van der Waals surface area contributed by atoms with Crippen LogP contribution in [0.5, 0.6) is 0 Å². The Morgan fingerprint density at radius 3 is 2.33 bits per heavy atom. The lowest BCUT2D eigenvalue weighted by molar-refractivity contribution is -0.301. The summed E-state index contributed by atoms with van der Waals surface area (Å²) in [5, 5.41) is 37.8. The second-order valence-corrected chi connectivity index (χ2v) is 4.63. The van der Waals surface area contributed by atoms with Crippen molar-refractivity contribution in [3.63, 3.8) is 0 Å². The van der Waals surface area contributed by atoms with Gasteiger partial charge >= 0.3 is 0 Å². The third-order valence-electron chi connectivity index (χ3n) is 3.13. The predicted octanol–water partition coefficient (Wildman–Crippen LogP) is -0.617. The fourth-order valence-corrected chi connectivity index (χ4v) is 1.93. The smallest absolute Gasteiger partial charge is 0.186 e. The lowest BCUT2D eigenvalue weighted by atomic mass is 9.99. The van der Waals surface area contributed by atoms with Crippen LogP contribution in [-0.2, 0) is 9.47 Å². The van der Waals surface area contributed by atoms with Crippen LogP contribution < -0.4 is 0 Å². The molecule has 6 heteroatoms. The zero-order valence-electron chi connectivity index (χ0n) is 10.7. The molecular weight excluding hydrogens is 240 g/mol. The van der Waals surface area contributed by atoms with Crippen LogP contribution in [0.2, 0.25) is 0 Å². The van der Waals surface area contributed by atoms with Crippen molar-refractivity contribution in [3.05, 3.63) is 0 Å². The summed E-state index contributed by atoms with van der Waals surface area (Å²) in [4.78, 5) is 0. The van der Waals surface area contributed by atoms with Gasteiger partial charge in [0.2, 0.25) is 0 Å². The molecule has 1 fully saturated rings. The van der Waals surface area contributed by atoms with Gasteiger partial charge in [-0.15, -0.1) is 0 Å². The quantitative estimate of drug-likeness (QED) is 0.458. The fourth-order valence-electron chi connectivity index (χ4n) is 1.93. The van der Waals surface area contributed by atoms with Gasteiger partial charge in [-0.3, -0.25) is 0 Å². The average Bonchev–Trinajstić information content (AvgIpc) is 2.38. The van der Waals surface area contributed by atoms with E-state index in [9.17, 15) is 15.3 Å². The molecule has 0 spiro atoms. The molecule has 0 radical (unpaired) electrons. The number of ether oxygens (including phenoxy) is 2. The Balaban J connectivity index is 2.35. The van der Waals surface area contributed by atoms with Crippen LogP contribution in [0.4, 0.5) is 0 Å². The van der Waals surface area contributed by atoms with Crippen LogP contribution in [0, 0.1) is 0 Å². The van der Waals surface area contributed by atoms with Crippen molar-refractivity contribution in [3.8, 4) is 0 Å². The molecular formula is C12H24O6. The van der Waals surface area contributed by atoms with Crippen LogP contribution in [0.25, 0.3) is 0 Å². The Hall–Kier alpha value is -0.240. The minimum absolute atomic E-state index is 0.419. The molecule has 0 aliphatic carbocycles. The number of hydrogen-bond acceptors (Lipinski definition) is 6. The molecule has 1 saturated heterocycles. The topological polar surface area (TPSA) is 99.4 Å². The summed E-state index contributed by atoms with van der Waals surface area (Å²) < 4.78 is 10.5. The Morgan fingerprint density at radius 1 is 1.00 bits per heavy atom. The standard InChI is InChI=1S/C12H24O6/c1-2-3-4-5-6-17-12-11(16)10(15)9(14)8(7-13)18-12/h8-16H,2-7H2,1H3/t8-,9+,10-,11+,12+/m0/s1. The van der Waals surface area contributed by atoms with E-state index in [1.807, 2.05) is 0 Å². The lowest BCUT2D eigenvalue weighted by Gasteiger charge is -2.39. The highest BCUT2D eigenvalue weighted by Crippen LogP contribution is 2.22. The van der Waals surface area contributed by atoms with Crippen molar-refractivity contribution in [2.45, 2.75) is 63.3 Å². The van der Waals surface area contributed by atoms with E-state index >= 15 is 0 Å². The molecule has 1 aliphatic heterocycles. The number of rotatable bonds is 7. The Bertz CT molecular complexity index is 223. The van der Waals surface area contributed by atoms with Crippen molar-refractivity contribution in [1.29, 1.82) is 0 Å². The Kier molecular flexibility index (Phi) is 7.06. The zero-order valence-corrected chi connectivity index (χ0v) is 10.7. The lowest BCUT2D eigenvalue weighted by Crippen LogP contribution is -2.59. The highest BCUT2D eigenvalue weighted by atomic mass is 16.7. The predicted molar refractivity (Wildman–Crippen MR) is 63.9 cm³/mol. The molecule has 18 heavy (non-hydrogen) atoms. The monoisotopic (exact) mass is 264 g/mol. The van der Waals surface area contributed by atoms with Gasteiger partial charge in [0, 0.05) is 6.61 Å². The molecule has 1 rings (SSSR count). The summed E-state index contributed by atoms with van der Waals surface area (Å²) in [6.07, 6.45) is -1.75. The Morgan fingerprint density at radius 2 is 1.72 bits per heavy atom. The first kappa shape index (κ1) is 15.8. The minimum Gasteiger partial charge on any atom is -0.394 e. The first-order valence-electron chi connectivity index (χ1n) is 6.54. The molecule has 6 nitrogen and oxygen atoms in total. The van der Waals surface area contributed by atoms with E-state index in [2.05, 4.69) is 6.92 Å². The van der Waals surface area contributed by atoms with Gasteiger partial charge in [-0.2, -0.15) is 0 Å². The van der Waals surface area contributed by atoms with Crippen molar-refractivity contribution in [1.82, 2.24) is 0 Å². The van der Waals surface area contributed by atoms with Crippen molar-refractivity contribution >= 4 is 0 Å². The largest absolute Gasteiger partial charge is 0.394 e. The van der Waals surface area contributed by atoms with E-state index in [1.165, 1.54) is 0 Å². The molecule has 0 aromatic heterocycles. The average molecular weight is 264 g/mol. The summed E-state index contributed by atoms with van der Waals surface area (Å²) in [5.41, 5.74) is 0. The molecule has 1 heterocycles. The van der Waals surface area contributed by atoms with Crippen molar-refractivity contribution in [2.24, 2.45) is 0 Å². The molecule has 0 aromatic carbocycles. The molecule has 0 saturated carbocycles. The van der Waals surface area contributed by atoms with Crippen LogP contribution >= 0.6 is 0 Å². The van der Waals surface area contributed by atoms with E-state index in [1.54, 1.807) is 0 Å². The first-order valence-corrected chi connectivity index (χ1v) is 6.54. The van der Waals surface area contributed by atoms with E-state index in [4.69, 9.17) is 14.6 Å². The normalized spacial score (nSPS) is 36.8. The van der Waals surface area contributed by atoms with Crippen molar-refractivity contribution in [2.75, 3.05) is 13.2 Å². The fraction of sp³-hybridized carbons (Fsp3) is 1.00. The Labute approximate surface area is 107 Å². The summed E-state index contributed by atoms with van der Waals surface area (Å²) in [6, 6.07) is 0. The van der Waals surface area contributed by atoms with E-state index in [-0.39, 0.29) is 0 Å². The number of hydrogen-bond donors (Lipinski definition) is 4. The maximum absolute atomic E-state index is 9.68. The molecule has 4 N–H and O–H groups in total. The second kappa shape index (κ2) is 8.04. The maximum atomic E-state index is 9.68. The van der Waals surface area contributed by atoms with Crippen LogP contribution in [0.15, 0.2) is 0 Å². The van der Waals surface area contributed by atoms with Crippen molar-refractivity contribution < 1.29 is 29.9 Å². The van der Waals surface area contributed by atoms with E-state index < -0.39 is 37.3 Å². The first-order chi connectivity index (χ1) is 8.61. The summed E-state index contributed by atoms with van der Waals surface area (Å²) in [5.74, 6) is 0. The minimum atomic E-state index is -1.36. The summed E-state index contributed by atoms with van der Waals surface area (Å²) in [7, 11) is 0. The summed E-state index contributed by atoms with van der Waals surface area (Å²) >= 11 is 0. The molecule has 1 aliphatic rings. The van der Waals surface area contributed by atoms with E-state index in [0.29, 0.717) is 6.61 Å².